The lowest BCUT2D eigenvalue weighted by Crippen LogP contribution is -2.21. The molecule has 112 valence electrons. The van der Waals surface area contributed by atoms with Crippen molar-refractivity contribution in [1.29, 1.82) is 0 Å². The Morgan fingerprint density at radius 1 is 1.14 bits per heavy atom. The fourth-order valence-corrected chi connectivity index (χ4v) is 3.04. The van der Waals surface area contributed by atoms with Crippen molar-refractivity contribution in [2.45, 2.75) is 51.1 Å². The summed E-state index contributed by atoms with van der Waals surface area (Å²) in [6.07, 6.45) is 1.99. The fraction of sp³-hybridized carbons (Fsp3) is 0.389. The van der Waals surface area contributed by atoms with Gasteiger partial charge >= 0.3 is 0 Å². The number of thioether (sulfide) groups is 1. The predicted molar refractivity (Wildman–Crippen MR) is 91.7 cm³/mol. The Morgan fingerprint density at radius 3 is 2.62 bits per heavy atom. The van der Waals surface area contributed by atoms with Gasteiger partial charge in [-0.25, -0.2) is 4.98 Å². The second-order valence-corrected chi connectivity index (χ2v) is 6.74. The van der Waals surface area contributed by atoms with Crippen LogP contribution in [0.4, 0.5) is 0 Å². The number of hydrogen-bond acceptors (Lipinski definition) is 3. The summed E-state index contributed by atoms with van der Waals surface area (Å²) in [6, 6.07) is 11.4. The molecule has 0 amide bonds. The normalized spacial score (nSPS) is 11.1. The molecule has 0 aliphatic carbocycles. The van der Waals surface area contributed by atoms with E-state index in [2.05, 4.69) is 68.3 Å². The lowest BCUT2D eigenvalue weighted by molar-refractivity contribution is 0.587. The van der Waals surface area contributed by atoms with Crippen molar-refractivity contribution in [1.82, 2.24) is 10.3 Å². The molecule has 0 saturated carbocycles. The molecular weight excluding hydrogens is 276 g/mol. The van der Waals surface area contributed by atoms with Crippen molar-refractivity contribution in [3.05, 3.63) is 58.8 Å². The minimum absolute atomic E-state index is 0.501. The van der Waals surface area contributed by atoms with Crippen molar-refractivity contribution in [3.63, 3.8) is 0 Å². The number of rotatable bonds is 6. The van der Waals surface area contributed by atoms with Crippen molar-refractivity contribution in [2.75, 3.05) is 0 Å². The number of nitrogens with zero attached hydrogens (tertiary/aromatic N) is 1. The first kappa shape index (κ1) is 16.1. The molecule has 0 unspecified atom stereocenters. The van der Waals surface area contributed by atoms with E-state index in [1.807, 2.05) is 18.0 Å². The molecule has 21 heavy (non-hydrogen) atoms. The molecule has 0 aliphatic heterocycles. The average Bonchev–Trinajstić information content (AvgIpc) is 2.44. The topological polar surface area (TPSA) is 24.9 Å². The molecule has 0 bridgehead atoms. The Labute approximate surface area is 132 Å². The van der Waals surface area contributed by atoms with Gasteiger partial charge in [0.05, 0.1) is 5.03 Å². The predicted octanol–water partition coefficient (Wildman–Crippen LogP) is 4.49. The summed E-state index contributed by atoms with van der Waals surface area (Å²) in [7, 11) is 0. The molecule has 3 heteroatoms. The van der Waals surface area contributed by atoms with Crippen LogP contribution in [-0.2, 0) is 12.3 Å². The third-order valence-electron chi connectivity index (χ3n) is 3.26. The van der Waals surface area contributed by atoms with Crippen LogP contribution in [-0.4, -0.2) is 11.0 Å². The van der Waals surface area contributed by atoms with E-state index in [1.54, 1.807) is 0 Å². The van der Waals surface area contributed by atoms with Crippen molar-refractivity contribution < 1.29 is 0 Å². The molecule has 0 fully saturated rings. The number of pyridine rings is 1. The van der Waals surface area contributed by atoms with Gasteiger partial charge in [-0.05, 0) is 30.5 Å². The highest BCUT2D eigenvalue weighted by molar-refractivity contribution is 7.98. The number of hydrogen-bond donors (Lipinski definition) is 1. The van der Waals surface area contributed by atoms with E-state index < -0.39 is 0 Å². The first-order valence-corrected chi connectivity index (χ1v) is 8.40. The largest absolute Gasteiger partial charge is 0.310 e. The van der Waals surface area contributed by atoms with E-state index in [9.17, 15) is 0 Å². The molecule has 0 saturated heterocycles. The molecule has 0 atom stereocenters. The van der Waals surface area contributed by atoms with E-state index in [1.165, 1.54) is 22.3 Å². The highest BCUT2D eigenvalue weighted by Crippen LogP contribution is 2.24. The van der Waals surface area contributed by atoms with Gasteiger partial charge in [0.25, 0.3) is 0 Å². The summed E-state index contributed by atoms with van der Waals surface area (Å²) in [4.78, 5) is 4.62. The van der Waals surface area contributed by atoms with Gasteiger partial charge in [-0.2, -0.15) is 0 Å². The summed E-state index contributed by atoms with van der Waals surface area (Å²) in [5.41, 5.74) is 5.18. The van der Waals surface area contributed by atoms with Crippen LogP contribution in [0.25, 0.3) is 0 Å². The first-order valence-electron chi connectivity index (χ1n) is 7.42. The zero-order valence-electron chi connectivity index (χ0n) is 13.3. The van der Waals surface area contributed by atoms with Gasteiger partial charge in [-0.1, -0.05) is 49.7 Å². The van der Waals surface area contributed by atoms with Crippen LogP contribution in [0.2, 0.25) is 0 Å². The molecule has 1 N–H and O–H groups in total. The zero-order valence-corrected chi connectivity index (χ0v) is 14.1. The van der Waals surface area contributed by atoms with E-state index in [-0.39, 0.29) is 0 Å². The van der Waals surface area contributed by atoms with Crippen LogP contribution in [0.1, 0.15) is 36.1 Å². The van der Waals surface area contributed by atoms with Gasteiger partial charge < -0.3 is 5.32 Å². The minimum Gasteiger partial charge on any atom is -0.310 e. The third kappa shape index (κ3) is 5.18. The van der Waals surface area contributed by atoms with Gasteiger partial charge in [-0.3, -0.25) is 0 Å². The van der Waals surface area contributed by atoms with Crippen molar-refractivity contribution in [3.8, 4) is 0 Å². The van der Waals surface area contributed by atoms with E-state index in [0.29, 0.717) is 6.04 Å². The molecule has 0 aliphatic rings. The Hall–Kier alpha value is -1.32. The van der Waals surface area contributed by atoms with Crippen LogP contribution in [0.3, 0.4) is 0 Å². The SMILES string of the molecule is Cc1cccc(CSc2ncc(CNC(C)C)cc2C)c1. The lowest BCUT2D eigenvalue weighted by Gasteiger charge is -2.10. The van der Waals surface area contributed by atoms with Gasteiger partial charge in [-0.15, -0.1) is 11.8 Å². The van der Waals surface area contributed by atoms with Crippen LogP contribution < -0.4 is 5.32 Å². The Balaban J connectivity index is 1.97. The second-order valence-electron chi connectivity index (χ2n) is 5.78. The Morgan fingerprint density at radius 2 is 1.95 bits per heavy atom. The molecule has 0 spiro atoms. The van der Waals surface area contributed by atoms with Gasteiger partial charge in [0.2, 0.25) is 0 Å². The standard InChI is InChI=1S/C18H24N2S/c1-13(2)19-10-17-9-15(4)18(20-11-17)21-12-16-7-5-6-14(3)8-16/h5-9,11,13,19H,10,12H2,1-4H3. The summed E-state index contributed by atoms with van der Waals surface area (Å²) in [5, 5.41) is 4.56. The summed E-state index contributed by atoms with van der Waals surface area (Å²) >= 11 is 1.81. The van der Waals surface area contributed by atoms with E-state index in [4.69, 9.17) is 0 Å². The molecule has 1 heterocycles. The molecule has 2 rings (SSSR count). The van der Waals surface area contributed by atoms with Crippen LogP contribution >= 0.6 is 11.8 Å². The van der Waals surface area contributed by atoms with Crippen LogP contribution in [0, 0.1) is 13.8 Å². The molecule has 0 radical (unpaired) electrons. The number of benzene rings is 1. The molecular formula is C18H24N2S. The van der Waals surface area contributed by atoms with Gasteiger partial charge in [0, 0.05) is 24.5 Å². The maximum Gasteiger partial charge on any atom is 0.0992 e. The highest BCUT2D eigenvalue weighted by Gasteiger charge is 2.04. The number of nitrogens with one attached hydrogen (secondary N) is 1. The summed E-state index contributed by atoms with van der Waals surface area (Å²) in [5.74, 6) is 0.971. The number of aromatic nitrogens is 1. The summed E-state index contributed by atoms with van der Waals surface area (Å²) in [6.45, 7) is 9.48. The quantitative estimate of drug-likeness (QED) is 0.796. The van der Waals surface area contributed by atoms with E-state index in [0.717, 1.165) is 17.3 Å². The fourth-order valence-electron chi connectivity index (χ4n) is 2.14. The van der Waals surface area contributed by atoms with Gasteiger partial charge in [0.1, 0.15) is 0 Å². The third-order valence-corrected chi connectivity index (χ3v) is 4.44. The Bertz CT molecular complexity index is 594. The number of aryl methyl sites for hydroxylation is 2. The average molecular weight is 300 g/mol. The smallest absolute Gasteiger partial charge is 0.0992 e. The maximum atomic E-state index is 4.62. The second kappa shape index (κ2) is 7.62. The Kier molecular flexibility index (Phi) is 5.83. The van der Waals surface area contributed by atoms with Crippen molar-refractivity contribution >= 4 is 11.8 Å². The van der Waals surface area contributed by atoms with E-state index >= 15 is 0 Å². The van der Waals surface area contributed by atoms with Crippen molar-refractivity contribution in [2.24, 2.45) is 0 Å². The molecule has 2 nitrogen and oxygen atoms in total. The monoisotopic (exact) mass is 300 g/mol. The maximum absolute atomic E-state index is 4.62. The molecule has 1 aromatic carbocycles. The van der Waals surface area contributed by atoms with Crippen LogP contribution in [0.15, 0.2) is 41.6 Å². The first-order chi connectivity index (χ1) is 10.0. The van der Waals surface area contributed by atoms with Gasteiger partial charge in [0.15, 0.2) is 0 Å². The minimum atomic E-state index is 0.501. The molecule has 2 aromatic rings. The zero-order chi connectivity index (χ0) is 15.2. The summed E-state index contributed by atoms with van der Waals surface area (Å²) < 4.78 is 0. The molecule has 1 aromatic heterocycles. The highest BCUT2D eigenvalue weighted by atomic mass is 32.2. The lowest BCUT2D eigenvalue weighted by atomic mass is 10.2. The van der Waals surface area contributed by atoms with Crippen LogP contribution in [0.5, 0.6) is 0 Å².